The second-order valence-electron chi connectivity index (χ2n) is 19.8. The molecular weight excluding hydrogens is 1070 g/mol. The molecule has 4 heterocycles. The molecule has 9 rings (SSSR count). The van der Waals surface area contributed by atoms with Gasteiger partial charge in [-0.05, 0) is 154 Å². The normalized spacial score (nSPS) is 14.5. The minimum Gasteiger partial charge on any atom is -0.497 e. The molecule has 8 aromatic rings. The first kappa shape index (κ1) is 59.5. The molecule has 2 unspecified atom stereocenters. The Bertz CT molecular complexity index is 3590. The molecule has 0 radical (unpaired) electrons. The van der Waals surface area contributed by atoms with Crippen molar-refractivity contribution in [1.82, 2.24) is 29.7 Å². The lowest BCUT2D eigenvalue weighted by Crippen LogP contribution is -2.36. The van der Waals surface area contributed by atoms with Gasteiger partial charge in [0.1, 0.15) is 28.1 Å². The minimum absolute atomic E-state index is 0.221. The van der Waals surface area contributed by atoms with Crippen molar-refractivity contribution in [3.05, 3.63) is 226 Å². The molecule has 1 saturated heterocycles. The average Bonchev–Trinajstić information content (AvgIpc) is 3.72. The van der Waals surface area contributed by atoms with Crippen LogP contribution in [0.25, 0.3) is 0 Å². The Labute approximate surface area is 488 Å². The van der Waals surface area contributed by atoms with E-state index in [-0.39, 0.29) is 13.2 Å². The van der Waals surface area contributed by atoms with Crippen LogP contribution in [0.1, 0.15) is 70.0 Å². The SMILES string of the molecule is CCOP(=O)(c1ccccc1)c1cc(C#Cc2ccc(OC)cc2)cc(CN2CCN(Cc3cc(C#Cc4ccc(OC)cc4)cc(C)n3)CCN(Cc3cc(C#Cc4ccc(OC)cc4)cc(P(=O)(OCC)c4ccccc4)n3)CC2)n1. The molecule has 422 valence electrons. The highest BCUT2D eigenvalue weighted by molar-refractivity contribution is 7.74. The van der Waals surface area contributed by atoms with Gasteiger partial charge in [0.15, 0.2) is 0 Å². The number of benzene rings is 5. The van der Waals surface area contributed by atoms with Gasteiger partial charge >= 0.3 is 0 Å². The molecule has 5 aromatic carbocycles. The summed E-state index contributed by atoms with van der Waals surface area (Å²) >= 11 is 0. The zero-order chi connectivity index (χ0) is 58.0. The van der Waals surface area contributed by atoms with Crippen LogP contribution in [0.15, 0.2) is 170 Å². The van der Waals surface area contributed by atoms with Crippen molar-refractivity contribution >= 4 is 36.2 Å². The van der Waals surface area contributed by atoms with E-state index in [0.717, 1.165) is 50.9 Å². The van der Waals surface area contributed by atoms with E-state index < -0.39 is 14.7 Å². The zero-order valence-corrected chi connectivity index (χ0v) is 49.7. The van der Waals surface area contributed by atoms with Crippen molar-refractivity contribution in [2.45, 2.75) is 40.4 Å². The molecule has 1 fully saturated rings. The van der Waals surface area contributed by atoms with Gasteiger partial charge in [-0.2, -0.15) is 0 Å². The third kappa shape index (κ3) is 16.1. The van der Waals surface area contributed by atoms with E-state index in [9.17, 15) is 0 Å². The van der Waals surface area contributed by atoms with Crippen LogP contribution in [0.4, 0.5) is 0 Å². The van der Waals surface area contributed by atoms with Crippen LogP contribution in [0.3, 0.4) is 0 Å². The van der Waals surface area contributed by atoms with Crippen molar-refractivity contribution < 1.29 is 32.4 Å². The molecule has 0 saturated carbocycles. The summed E-state index contributed by atoms with van der Waals surface area (Å²) in [5.74, 6) is 22.3. The highest BCUT2D eigenvalue weighted by Gasteiger charge is 2.33. The van der Waals surface area contributed by atoms with Crippen molar-refractivity contribution in [2.24, 2.45) is 0 Å². The molecule has 0 bridgehead atoms. The lowest BCUT2D eigenvalue weighted by atomic mass is 10.1. The minimum atomic E-state index is -3.67. The molecule has 1 aliphatic heterocycles. The Hall–Kier alpha value is -8.11. The van der Waals surface area contributed by atoms with E-state index in [1.165, 1.54) is 0 Å². The zero-order valence-electron chi connectivity index (χ0n) is 47.9. The number of aryl methyl sites for hydroxylation is 1. The van der Waals surface area contributed by atoms with Crippen molar-refractivity contribution in [1.29, 1.82) is 0 Å². The summed E-state index contributed by atoms with van der Waals surface area (Å²) in [5.41, 5.74) is 8.57. The van der Waals surface area contributed by atoms with Crippen LogP contribution in [-0.2, 0) is 37.8 Å². The number of nitrogens with zero attached hydrogens (tertiary/aromatic N) is 6. The topological polar surface area (TPSA) is 129 Å². The quantitative estimate of drug-likeness (QED) is 0.0635. The standard InChI is InChI=1S/C68H68N6O7P2/c1-7-80-82(75,65-15-11-9-12-16-65)67-47-57(23-20-54-27-33-63(78-5)34-28-54)45-60(70-67)50-73-39-37-72(49-59-44-56(43-52(3)69-59)22-19-53-25-31-62(77-4)32-26-53)38-40-74(42-41-73)51-61-46-58(24-21-55-29-35-64(79-6)36-30-55)48-68(71-61)83(76,81-8-2)66-17-13-10-14-18-66/h9-18,25-36,43-48H,7-8,37-42,49-51H2,1-6H3. The van der Waals surface area contributed by atoms with Crippen molar-refractivity contribution in [2.75, 3.05) is 73.8 Å². The largest absolute Gasteiger partial charge is 0.497 e. The molecule has 3 aromatic heterocycles. The van der Waals surface area contributed by atoms with E-state index in [4.69, 9.17) is 38.2 Å². The van der Waals surface area contributed by atoms with E-state index >= 15 is 9.13 Å². The second-order valence-corrected chi connectivity index (χ2v) is 24.4. The summed E-state index contributed by atoms with van der Waals surface area (Å²) in [6, 6.07) is 53.1. The maximum absolute atomic E-state index is 15.2. The predicted molar refractivity (Wildman–Crippen MR) is 330 cm³/mol. The first-order valence-electron chi connectivity index (χ1n) is 27.7. The van der Waals surface area contributed by atoms with Crippen molar-refractivity contribution in [3.8, 4) is 52.8 Å². The Morgan fingerprint density at radius 1 is 0.398 bits per heavy atom. The van der Waals surface area contributed by atoms with Crippen LogP contribution in [0.2, 0.25) is 0 Å². The Morgan fingerprint density at radius 2 is 0.699 bits per heavy atom. The van der Waals surface area contributed by atoms with Crippen LogP contribution >= 0.6 is 14.7 Å². The second kappa shape index (κ2) is 28.7. The lowest BCUT2D eigenvalue weighted by molar-refractivity contribution is 0.207. The lowest BCUT2D eigenvalue weighted by Gasteiger charge is -2.26. The van der Waals surface area contributed by atoms with Gasteiger partial charge in [0.25, 0.3) is 14.7 Å². The monoisotopic (exact) mass is 1140 g/mol. The van der Waals surface area contributed by atoms with Crippen LogP contribution in [-0.4, -0.2) is 103 Å². The molecule has 13 nitrogen and oxygen atoms in total. The van der Waals surface area contributed by atoms with Gasteiger partial charge in [0.05, 0.1) is 51.6 Å². The fourth-order valence-electron chi connectivity index (χ4n) is 9.60. The summed E-state index contributed by atoms with van der Waals surface area (Å²) in [5, 5.41) is 1.12. The van der Waals surface area contributed by atoms with Gasteiger partial charge in [-0.25, -0.2) is 9.97 Å². The smallest absolute Gasteiger partial charge is 0.279 e. The first-order chi connectivity index (χ1) is 40.4. The Balaban J connectivity index is 1.08. The number of methoxy groups -OCH3 is 3. The van der Waals surface area contributed by atoms with E-state index in [0.29, 0.717) is 103 Å². The highest BCUT2D eigenvalue weighted by atomic mass is 31.2. The first-order valence-corrected chi connectivity index (χ1v) is 31.0. The van der Waals surface area contributed by atoms with Crippen molar-refractivity contribution in [3.63, 3.8) is 0 Å². The molecule has 15 heteroatoms. The van der Waals surface area contributed by atoms with Gasteiger partial charge in [0, 0.05) is 109 Å². The number of rotatable bonds is 17. The molecule has 2 atom stereocenters. The number of hydrogen-bond acceptors (Lipinski definition) is 13. The summed E-state index contributed by atoms with van der Waals surface area (Å²) in [7, 11) is -2.41. The molecule has 0 N–H and O–H groups in total. The van der Waals surface area contributed by atoms with Crippen LogP contribution in [0.5, 0.6) is 17.2 Å². The summed E-state index contributed by atoms with van der Waals surface area (Å²) in [6.07, 6.45) is 0. The van der Waals surface area contributed by atoms with Gasteiger partial charge in [-0.15, -0.1) is 0 Å². The number of hydrogen-bond donors (Lipinski definition) is 0. The van der Waals surface area contributed by atoms with Crippen LogP contribution < -0.4 is 35.7 Å². The molecule has 0 spiro atoms. The predicted octanol–water partition coefficient (Wildman–Crippen LogP) is 9.76. The molecule has 1 aliphatic rings. The fourth-order valence-corrected chi connectivity index (χ4v) is 13.7. The van der Waals surface area contributed by atoms with E-state index in [2.05, 4.69) is 56.3 Å². The molecular formula is C68H68N6O7P2. The maximum atomic E-state index is 15.2. The van der Waals surface area contributed by atoms with Gasteiger partial charge in [-0.3, -0.25) is 28.8 Å². The third-order valence-corrected chi connectivity index (χ3v) is 18.7. The fraction of sp³-hybridized carbons (Fsp3) is 0.250. The van der Waals surface area contributed by atoms with E-state index in [1.54, 1.807) is 33.5 Å². The maximum Gasteiger partial charge on any atom is 0.279 e. The van der Waals surface area contributed by atoms with Gasteiger partial charge < -0.3 is 23.3 Å². The number of pyridine rings is 3. The third-order valence-electron chi connectivity index (χ3n) is 13.8. The molecule has 83 heavy (non-hydrogen) atoms. The average molecular weight is 1140 g/mol. The summed E-state index contributed by atoms with van der Waals surface area (Å²) in [6.45, 7) is 11.6. The van der Waals surface area contributed by atoms with E-state index in [1.807, 2.05) is 172 Å². The highest BCUT2D eigenvalue weighted by Crippen LogP contribution is 2.45. The van der Waals surface area contributed by atoms with Gasteiger partial charge in [-0.1, -0.05) is 71.9 Å². The Morgan fingerprint density at radius 3 is 1.01 bits per heavy atom. The van der Waals surface area contributed by atoms with Crippen LogP contribution in [0, 0.1) is 42.4 Å². The summed E-state index contributed by atoms with van der Waals surface area (Å²) in [4.78, 5) is 22.6. The summed E-state index contributed by atoms with van der Waals surface area (Å²) < 4.78 is 59.1. The molecule has 0 amide bonds. The van der Waals surface area contributed by atoms with Gasteiger partial charge in [0.2, 0.25) is 0 Å². The molecule has 0 aliphatic carbocycles. The Kier molecular flexibility index (Phi) is 20.6. The number of aromatic nitrogens is 3. The number of ether oxygens (including phenoxy) is 3.